The molecule has 0 fully saturated rings. The average Bonchev–Trinajstić information content (AvgIpc) is 2.62. The number of rotatable bonds is 4. The highest BCUT2D eigenvalue weighted by molar-refractivity contribution is 7.99. The van der Waals surface area contributed by atoms with Gasteiger partial charge in [0.05, 0.1) is 0 Å². The highest BCUT2D eigenvalue weighted by atomic mass is 32.2. The minimum absolute atomic E-state index is 0.102. The van der Waals surface area contributed by atoms with Gasteiger partial charge in [0, 0.05) is 10.6 Å². The van der Waals surface area contributed by atoms with Crippen LogP contribution in [0.1, 0.15) is 24.3 Å². The van der Waals surface area contributed by atoms with Crippen LogP contribution in [0, 0.1) is 5.82 Å². The van der Waals surface area contributed by atoms with Crippen molar-refractivity contribution in [3.8, 4) is 0 Å². The van der Waals surface area contributed by atoms with Crippen LogP contribution in [-0.4, -0.2) is 19.3 Å². The summed E-state index contributed by atoms with van der Waals surface area (Å²) < 4.78 is 13.1. The lowest BCUT2D eigenvalue weighted by atomic mass is 9.96. The molecule has 15 heavy (non-hydrogen) atoms. The van der Waals surface area contributed by atoms with Crippen molar-refractivity contribution in [2.24, 2.45) is 0 Å². The number of hydrogen-bond donors (Lipinski definition) is 1. The van der Waals surface area contributed by atoms with E-state index in [1.807, 2.05) is 24.9 Å². The third kappa shape index (κ3) is 2.52. The predicted octanol–water partition coefficient (Wildman–Crippen LogP) is 3.01. The normalized spacial score (nSPS) is 19.2. The van der Waals surface area contributed by atoms with E-state index < -0.39 is 0 Å². The molecule has 0 aliphatic carbocycles. The summed E-state index contributed by atoms with van der Waals surface area (Å²) in [5.41, 5.74) is 1.22. The number of hydrogen-bond acceptors (Lipinski definition) is 2. The van der Waals surface area contributed by atoms with Gasteiger partial charge in [-0.25, -0.2) is 4.39 Å². The van der Waals surface area contributed by atoms with Gasteiger partial charge in [0.2, 0.25) is 0 Å². The molecule has 1 N–H and O–H groups in total. The molecule has 0 spiro atoms. The van der Waals surface area contributed by atoms with Gasteiger partial charge in [0.15, 0.2) is 0 Å². The predicted molar refractivity (Wildman–Crippen MR) is 63.0 cm³/mol. The summed E-state index contributed by atoms with van der Waals surface area (Å²) in [5.74, 6) is 1.56. The summed E-state index contributed by atoms with van der Waals surface area (Å²) in [6.45, 7) is 1.05. The molecule has 82 valence electrons. The zero-order valence-corrected chi connectivity index (χ0v) is 9.74. The van der Waals surface area contributed by atoms with Crippen molar-refractivity contribution in [1.82, 2.24) is 5.32 Å². The molecule has 0 amide bonds. The molecule has 1 aromatic carbocycles. The van der Waals surface area contributed by atoms with Crippen LogP contribution >= 0.6 is 11.8 Å². The maximum atomic E-state index is 13.1. The average molecular weight is 225 g/mol. The van der Waals surface area contributed by atoms with Crippen LogP contribution in [-0.2, 0) is 0 Å². The standard InChI is InChI=1S/C12H16FNS/c1-14-6-2-3-9-8-15-12-5-4-10(13)7-11(9)12/h4-5,7,9,14H,2-3,6,8H2,1H3. The van der Waals surface area contributed by atoms with E-state index in [9.17, 15) is 4.39 Å². The molecule has 1 aromatic rings. The van der Waals surface area contributed by atoms with Crippen LogP contribution in [0.25, 0.3) is 0 Å². The largest absolute Gasteiger partial charge is 0.320 e. The minimum atomic E-state index is -0.102. The number of nitrogens with one attached hydrogen (secondary N) is 1. The van der Waals surface area contributed by atoms with Gasteiger partial charge in [-0.05, 0) is 56.1 Å². The molecule has 1 atom stereocenters. The lowest BCUT2D eigenvalue weighted by molar-refractivity contribution is 0.597. The van der Waals surface area contributed by atoms with Gasteiger partial charge in [0.1, 0.15) is 5.82 Å². The molecule has 0 saturated carbocycles. The van der Waals surface area contributed by atoms with Gasteiger partial charge in [-0.15, -0.1) is 11.8 Å². The quantitative estimate of drug-likeness (QED) is 0.791. The molecule has 0 radical (unpaired) electrons. The Kier molecular flexibility index (Phi) is 3.65. The Hall–Kier alpha value is -0.540. The van der Waals surface area contributed by atoms with E-state index in [0.717, 1.165) is 25.1 Å². The zero-order valence-electron chi connectivity index (χ0n) is 8.92. The van der Waals surface area contributed by atoms with Crippen molar-refractivity contribution in [1.29, 1.82) is 0 Å². The second kappa shape index (κ2) is 4.99. The first kappa shape index (κ1) is 11.0. The van der Waals surface area contributed by atoms with Crippen LogP contribution < -0.4 is 5.32 Å². The molecule has 0 aromatic heterocycles. The Morgan fingerprint density at radius 3 is 3.20 bits per heavy atom. The molecule has 1 aliphatic heterocycles. The molecular weight excluding hydrogens is 209 g/mol. The number of thioether (sulfide) groups is 1. The van der Waals surface area contributed by atoms with Crippen LogP contribution in [0.4, 0.5) is 4.39 Å². The smallest absolute Gasteiger partial charge is 0.123 e. The van der Waals surface area contributed by atoms with Gasteiger partial charge in [-0.1, -0.05) is 0 Å². The second-order valence-electron chi connectivity index (χ2n) is 3.94. The van der Waals surface area contributed by atoms with Gasteiger partial charge in [-0.2, -0.15) is 0 Å². The minimum Gasteiger partial charge on any atom is -0.320 e. The van der Waals surface area contributed by atoms with Crippen molar-refractivity contribution in [2.75, 3.05) is 19.3 Å². The van der Waals surface area contributed by atoms with Crippen molar-refractivity contribution in [3.63, 3.8) is 0 Å². The van der Waals surface area contributed by atoms with E-state index in [-0.39, 0.29) is 5.82 Å². The lowest BCUT2D eigenvalue weighted by Gasteiger charge is -2.10. The summed E-state index contributed by atoms with van der Waals surface area (Å²) in [7, 11) is 1.97. The third-order valence-electron chi connectivity index (χ3n) is 2.83. The van der Waals surface area contributed by atoms with E-state index in [2.05, 4.69) is 5.32 Å². The first-order chi connectivity index (χ1) is 7.31. The third-order valence-corrected chi connectivity index (χ3v) is 4.08. The first-order valence-electron chi connectivity index (χ1n) is 5.38. The molecule has 1 heterocycles. The molecular formula is C12H16FNS. The molecule has 0 bridgehead atoms. The zero-order chi connectivity index (χ0) is 10.7. The number of fused-ring (bicyclic) bond motifs is 1. The highest BCUT2D eigenvalue weighted by Crippen LogP contribution is 2.41. The first-order valence-corrected chi connectivity index (χ1v) is 6.36. The van der Waals surface area contributed by atoms with Crippen LogP contribution in [0.5, 0.6) is 0 Å². The fraction of sp³-hybridized carbons (Fsp3) is 0.500. The van der Waals surface area contributed by atoms with Crippen LogP contribution in [0.2, 0.25) is 0 Å². The number of halogens is 1. The maximum absolute atomic E-state index is 13.1. The van der Waals surface area contributed by atoms with Crippen LogP contribution in [0.15, 0.2) is 23.1 Å². The number of benzene rings is 1. The van der Waals surface area contributed by atoms with E-state index >= 15 is 0 Å². The summed E-state index contributed by atoms with van der Waals surface area (Å²) in [6.07, 6.45) is 2.32. The Balaban J connectivity index is 2.03. The molecule has 1 nitrogen and oxygen atoms in total. The fourth-order valence-corrected chi connectivity index (χ4v) is 3.30. The molecule has 3 heteroatoms. The summed E-state index contributed by atoms with van der Waals surface area (Å²) >= 11 is 1.86. The monoisotopic (exact) mass is 225 g/mol. The Bertz CT molecular complexity index is 340. The van der Waals surface area contributed by atoms with Gasteiger partial charge >= 0.3 is 0 Å². The van der Waals surface area contributed by atoms with E-state index in [4.69, 9.17) is 0 Å². The molecule has 1 aliphatic rings. The molecule has 2 rings (SSSR count). The van der Waals surface area contributed by atoms with Crippen molar-refractivity contribution in [3.05, 3.63) is 29.6 Å². The van der Waals surface area contributed by atoms with E-state index in [1.54, 1.807) is 12.1 Å². The van der Waals surface area contributed by atoms with Crippen molar-refractivity contribution < 1.29 is 4.39 Å². The molecule has 1 unspecified atom stereocenters. The summed E-state index contributed by atoms with van der Waals surface area (Å²) in [4.78, 5) is 1.27. The topological polar surface area (TPSA) is 12.0 Å². The lowest BCUT2D eigenvalue weighted by Crippen LogP contribution is -2.09. The fourth-order valence-electron chi connectivity index (χ4n) is 2.01. The second-order valence-corrected chi connectivity index (χ2v) is 5.00. The summed E-state index contributed by atoms with van der Waals surface area (Å²) in [6, 6.07) is 5.18. The molecule has 0 saturated heterocycles. The van der Waals surface area contributed by atoms with Crippen molar-refractivity contribution >= 4 is 11.8 Å². The Morgan fingerprint density at radius 1 is 1.53 bits per heavy atom. The van der Waals surface area contributed by atoms with E-state index in [1.165, 1.54) is 10.5 Å². The van der Waals surface area contributed by atoms with Gasteiger partial charge in [0.25, 0.3) is 0 Å². The van der Waals surface area contributed by atoms with E-state index in [0.29, 0.717) is 5.92 Å². The maximum Gasteiger partial charge on any atom is 0.123 e. The van der Waals surface area contributed by atoms with Gasteiger partial charge < -0.3 is 5.32 Å². The summed E-state index contributed by atoms with van der Waals surface area (Å²) in [5, 5.41) is 3.15. The van der Waals surface area contributed by atoms with Crippen LogP contribution in [0.3, 0.4) is 0 Å². The SMILES string of the molecule is CNCCCC1CSc2ccc(F)cc21. The highest BCUT2D eigenvalue weighted by Gasteiger charge is 2.22. The Labute approximate surface area is 94.5 Å². The van der Waals surface area contributed by atoms with Crippen molar-refractivity contribution in [2.45, 2.75) is 23.7 Å². The van der Waals surface area contributed by atoms with Gasteiger partial charge in [-0.3, -0.25) is 0 Å². The Morgan fingerprint density at radius 2 is 2.40 bits per heavy atom.